The first-order valence-corrected chi connectivity index (χ1v) is 4.70. The van der Waals surface area contributed by atoms with Crippen molar-refractivity contribution in [1.29, 1.82) is 0 Å². The molecule has 1 atom stereocenters. The lowest BCUT2D eigenvalue weighted by molar-refractivity contribution is -0.139. The minimum atomic E-state index is -0.972. The molecule has 0 aliphatic heterocycles. The Labute approximate surface area is 89.0 Å². The monoisotopic (exact) mass is 218 g/mol. The van der Waals surface area contributed by atoms with Crippen molar-refractivity contribution in [3.63, 3.8) is 0 Å². The highest BCUT2D eigenvalue weighted by Crippen LogP contribution is 2.03. The van der Waals surface area contributed by atoms with E-state index in [0.29, 0.717) is 13.0 Å². The summed E-state index contributed by atoms with van der Waals surface area (Å²) in [6.07, 6.45) is 0.664. The number of hydrogen-bond acceptors (Lipinski definition) is 4. The van der Waals surface area contributed by atoms with E-state index in [1.807, 2.05) is 6.92 Å². The van der Waals surface area contributed by atoms with Crippen LogP contribution in [0.3, 0.4) is 0 Å². The van der Waals surface area contributed by atoms with Gasteiger partial charge < -0.3 is 15.6 Å². The first kappa shape index (κ1) is 13.9. The fraction of sp³-hybridized carbons (Fsp3) is 0.778. The van der Waals surface area contributed by atoms with Crippen LogP contribution in [0.2, 0.25) is 0 Å². The van der Waals surface area contributed by atoms with Crippen molar-refractivity contribution in [2.24, 2.45) is 5.73 Å². The summed E-state index contributed by atoms with van der Waals surface area (Å²) in [6.45, 7) is 2.13. The summed E-state index contributed by atoms with van der Waals surface area (Å²) in [6, 6.07) is -0.0476. The van der Waals surface area contributed by atoms with Crippen molar-refractivity contribution in [3.05, 3.63) is 0 Å². The molecule has 88 valence electrons. The summed E-state index contributed by atoms with van der Waals surface area (Å²) in [5, 5.41) is 8.65. The molecule has 0 spiro atoms. The minimum absolute atomic E-state index is 0.0445. The molecular weight excluding hydrogens is 200 g/mol. The molecule has 0 aromatic carbocycles. The highest BCUT2D eigenvalue weighted by atomic mass is 16.5. The second-order valence-electron chi connectivity index (χ2n) is 3.40. The van der Waals surface area contributed by atoms with E-state index in [2.05, 4.69) is 0 Å². The van der Waals surface area contributed by atoms with Gasteiger partial charge in [-0.1, -0.05) is 0 Å². The zero-order valence-electron chi connectivity index (χ0n) is 9.10. The number of primary amides is 1. The Kier molecular flexibility index (Phi) is 6.64. The molecule has 6 heteroatoms. The van der Waals surface area contributed by atoms with E-state index in [9.17, 15) is 9.59 Å². The molecule has 0 rings (SSSR count). The smallest absolute Gasteiger partial charge is 0.317 e. The van der Waals surface area contributed by atoms with Gasteiger partial charge >= 0.3 is 5.97 Å². The van der Waals surface area contributed by atoms with E-state index in [1.165, 1.54) is 4.90 Å². The Morgan fingerprint density at radius 2 is 2.07 bits per heavy atom. The lowest BCUT2D eigenvalue weighted by Gasteiger charge is -2.25. The van der Waals surface area contributed by atoms with Gasteiger partial charge in [0.25, 0.3) is 0 Å². The maximum absolute atomic E-state index is 10.7. The molecule has 0 aromatic heterocycles. The van der Waals surface area contributed by atoms with E-state index >= 15 is 0 Å². The third-order valence-electron chi connectivity index (χ3n) is 2.06. The molecule has 0 aromatic rings. The van der Waals surface area contributed by atoms with E-state index in [4.69, 9.17) is 15.6 Å². The number of ether oxygens (including phenoxy) is 1. The highest BCUT2D eigenvalue weighted by Gasteiger charge is 2.18. The lowest BCUT2D eigenvalue weighted by Crippen LogP contribution is -2.43. The average Bonchev–Trinajstić information content (AvgIpc) is 2.11. The van der Waals surface area contributed by atoms with Crippen LogP contribution in [0.25, 0.3) is 0 Å². The fourth-order valence-corrected chi connectivity index (χ4v) is 1.21. The molecular formula is C9H18N2O4. The van der Waals surface area contributed by atoms with Crippen molar-refractivity contribution < 1.29 is 19.4 Å². The molecule has 6 nitrogen and oxygen atoms in total. The van der Waals surface area contributed by atoms with Gasteiger partial charge in [-0.2, -0.15) is 0 Å². The third-order valence-corrected chi connectivity index (χ3v) is 2.06. The molecule has 0 saturated carbocycles. The normalized spacial score (nSPS) is 12.7. The molecule has 15 heavy (non-hydrogen) atoms. The van der Waals surface area contributed by atoms with E-state index < -0.39 is 11.9 Å². The summed E-state index contributed by atoms with van der Waals surface area (Å²) in [5.41, 5.74) is 5.03. The predicted molar refractivity (Wildman–Crippen MR) is 54.4 cm³/mol. The maximum atomic E-state index is 10.7. The van der Waals surface area contributed by atoms with Gasteiger partial charge in [-0.25, -0.2) is 0 Å². The molecule has 0 aliphatic carbocycles. The molecule has 0 aliphatic rings. The predicted octanol–water partition coefficient (Wildman–Crippen LogP) is -0.717. The molecule has 1 unspecified atom stereocenters. The molecule has 0 bridgehead atoms. The van der Waals surface area contributed by atoms with Crippen molar-refractivity contribution >= 4 is 11.9 Å². The number of carboxylic acids is 1. The quantitative estimate of drug-likeness (QED) is 0.561. The van der Waals surface area contributed by atoms with Gasteiger partial charge in [-0.15, -0.1) is 0 Å². The van der Waals surface area contributed by atoms with Crippen LogP contribution >= 0.6 is 0 Å². The number of carbonyl (C=O) groups is 2. The van der Waals surface area contributed by atoms with Gasteiger partial charge in [-0.05, 0) is 13.3 Å². The number of rotatable bonds is 8. The van der Waals surface area contributed by atoms with E-state index in [0.717, 1.165) is 0 Å². The van der Waals surface area contributed by atoms with Crippen LogP contribution in [0.4, 0.5) is 0 Å². The number of nitrogens with zero attached hydrogens (tertiary/aromatic N) is 1. The number of nitrogens with two attached hydrogens (primary N) is 1. The van der Waals surface area contributed by atoms with Crippen molar-refractivity contribution in [2.45, 2.75) is 19.4 Å². The van der Waals surface area contributed by atoms with Gasteiger partial charge in [0.05, 0.1) is 13.1 Å². The zero-order valence-corrected chi connectivity index (χ0v) is 9.10. The Morgan fingerprint density at radius 1 is 1.47 bits per heavy atom. The van der Waals surface area contributed by atoms with Crippen molar-refractivity contribution in [1.82, 2.24) is 4.90 Å². The number of carbonyl (C=O) groups excluding carboxylic acids is 1. The number of methoxy groups -OCH3 is 1. The van der Waals surface area contributed by atoms with Gasteiger partial charge in [0.15, 0.2) is 0 Å². The van der Waals surface area contributed by atoms with Gasteiger partial charge in [-0.3, -0.25) is 14.5 Å². The molecule has 0 saturated heterocycles. The minimum Gasteiger partial charge on any atom is -0.480 e. The van der Waals surface area contributed by atoms with E-state index in [-0.39, 0.29) is 19.1 Å². The zero-order chi connectivity index (χ0) is 11.8. The Bertz CT molecular complexity index is 204. The maximum Gasteiger partial charge on any atom is 0.317 e. The van der Waals surface area contributed by atoms with Crippen molar-refractivity contribution in [3.8, 4) is 0 Å². The molecule has 0 radical (unpaired) electrons. The van der Waals surface area contributed by atoms with Crippen LogP contribution < -0.4 is 5.73 Å². The number of amides is 1. The number of carboxylic acid groups (broad SMARTS) is 1. The Morgan fingerprint density at radius 3 is 2.47 bits per heavy atom. The van der Waals surface area contributed by atoms with Crippen LogP contribution in [0.15, 0.2) is 0 Å². The molecule has 1 amide bonds. The summed E-state index contributed by atoms with van der Waals surface area (Å²) < 4.78 is 4.88. The highest BCUT2D eigenvalue weighted by molar-refractivity contribution is 5.77. The summed E-state index contributed by atoms with van der Waals surface area (Å²) >= 11 is 0. The van der Waals surface area contributed by atoms with E-state index in [1.54, 1.807) is 7.11 Å². The molecule has 0 fully saturated rings. The summed E-state index contributed by atoms with van der Waals surface area (Å²) in [7, 11) is 1.57. The summed E-state index contributed by atoms with van der Waals surface area (Å²) in [5.74, 6) is -1.50. The third kappa shape index (κ3) is 6.87. The standard InChI is InChI=1S/C9H18N2O4/c1-7(3-4-15-2)11(5-8(10)12)6-9(13)14/h7H,3-6H2,1-2H3,(H2,10,12)(H,13,14). The first-order chi connectivity index (χ1) is 6.97. The van der Waals surface area contributed by atoms with Gasteiger partial charge in [0.2, 0.25) is 5.91 Å². The molecule has 0 heterocycles. The van der Waals surface area contributed by atoms with Crippen LogP contribution in [0, 0.1) is 0 Å². The number of hydrogen-bond donors (Lipinski definition) is 2. The largest absolute Gasteiger partial charge is 0.480 e. The van der Waals surface area contributed by atoms with Crippen LogP contribution in [-0.2, 0) is 14.3 Å². The topological polar surface area (TPSA) is 92.9 Å². The number of aliphatic carboxylic acids is 1. The van der Waals surface area contributed by atoms with Crippen LogP contribution in [0.1, 0.15) is 13.3 Å². The fourth-order valence-electron chi connectivity index (χ4n) is 1.21. The second-order valence-corrected chi connectivity index (χ2v) is 3.40. The lowest BCUT2D eigenvalue weighted by atomic mass is 10.2. The molecule has 3 N–H and O–H groups in total. The van der Waals surface area contributed by atoms with Crippen molar-refractivity contribution in [2.75, 3.05) is 26.8 Å². The van der Waals surface area contributed by atoms with Crippen LogP contribution in [-0.4, -0.2) is 54.7 Å². The van der Waals surface area contributed by atoms with Gasteiger partial charge in [0.1, 0.15) is 0 Å². The Hall–Kier alpha value is -1.14. The Balaban J connectivity index is 4.19. The summed E-state index contributed by atoms with van der Waals surface area (Å²) in [4.78, 5) is 22.8. The first-order valence-electron chi connectivity index (χ1n) is 4.70. The SMILES string of the molecule is COCCC(C)N(CC(N)=O)CC(=O)O. The van der Waals surface area contributed by atoms with Gasteiger partial charge in [0, 0.05) is 19.8 Å². The second kappa shape index (κ2) is 7.19. The van der Waals surface area contributed by atoms with Crippen LogP contribution in [0.5, 0.6) is 0 Å². The average molecular weight is 218 g/mol.